The van der Waals surface area contributed by atoms with Crippen LogP contribution in [0, 0.1) is 24.6 Å². The Morgan fingerprint density at radius 2 is 1.86 bits per heavy atom. The first-order valence-corrected chi connectivity index (χ1v) is 11.4. The Labute approximate surface area is 198 Å². The van der Waals surface area contributed by atoms with Crippen molar-refractivity contribution >= 4 is 12.0 Å². The number of alkyl halides is 3. The van der Waals surface area contributed by atoms with Gasteiger partial charge in [0.25, 0.3) is 0 Å². The van der Waals surface area contributed by atoms with Crippen molar-refractivity contribution in [2.75, 3.05) is 23.3 Å². The fourth-order valence-electron chi connectivity index (χ4n) is 4.86. The van der Waals surface area contributed by atoms with Gasteiger partial charge < -0.3 is 19.4 Å². The third-order valence-electron chi connectivity index (χ3n) is 6.47. The molecule has 9 nitrogen and oxygen atoms in total. The molecule has 35 heavy (non-hydrogen) atoms. The topological polar surface area (TPSA) is 94.1 Å². The molecule has 1 aliphatic heterocycles. The van der Waals surface area contributed by atoms with Gasteiger partial charge in [0, 0.05) is 26.1 Å². The quantitative estimate of drug-likeness (QED) is 0.486. The average Bonchev–Trinajstić information content (AvgIpc) is 3.45. The first-order valence-electron chi connectivity index (χ1n) is 11.4. The standard InChI is InChI=1S/C22H25F4N7O2/c1-11(2)33-20(35-16-6-4-5-15(17(16)23)22(24,25)26)28-19(31-33)27-18-13-7-8-14(18)10-32(9-13)21-30-29-12(3)34-21/h4-6,11,13-14,18H,7-10H2,1-3H3,(H,27,31)/t13-,14+,18+. The number of hydrogen-bond acceptors (Lipinski definition) is 8. The molecule has 13 heteroatoms. The number of nitrogens with one attached hydrogen (secondary N) is 1. The minimum absolute atomic E-state index is 0.0909. The summed E-state index contributed by atoms with van der Waals surface area (Å²) >= 11 is 0. The van der Waals surface area contributed by atoms with E-state index in [9.17, 15) is 17.6 Å². The molecule has 0 spiro atoms. The van der Waals surface area contributed by atoms with Crippen molar-refractivity contribution in [3.8, 4) is 11.8 Å². The van der Waals surface area contributed by atoms with Gasteiger partial charge in [0.2, 0.25) is 11.8 Å². The van der Waals surface area contributed by atoms with Crippen LogP contribution in [-0.4, -0.2) is 44.1 Å². The number of benzene rings is 1. The molecule has 0 amide bonds. The maximum Gasteiger partial charge on any atom is 0.419 e. The number of piperidine rings is 1. The van der Waals surface area contributed by atoms with Crippen molar-refractivity contribution in [3.05, 3.63) is 35.5 Å². The van der Waals surface area contributed by atoms with Gasteiger partial charge in [-0.15, -0.1) is 10.2 Å². The van der Waals surface area contributed by atoms with Crippen LogP contribution in [0.25, 0.3) is 0 Å². The molecule has 2 fully saturated rings. The van der Waals surface area contributed by atoms with E-state index in [4.69, 9.17) is 9.15 Å². The van der Waals surface area contributed by atoms with Crippen molar-refractivity contribution in [1.29, 1.82) is 0 Å². The van der Waals surface area contributed by atoms with Crippen molar-refractivity contribution in [1.82, 2.24) is 25.0 Å². The summed E-state index contributed by atoms with van der Waals surface area (Å²) in [5, 5.41) is 15.9. The number of nitrogens with zero attached hydrogens (tertiary/aromatic N) is 6. The molecule has 2 aromatic heterocycles. The van der Waals surface area contributed by atoms with Crippen LogP contribution in [-0.2, 0) is 6.18 Å². The summed E-state index contributed by atoms with van der Waals surface area (Å²) in [6.07, 6.45) is -2.82. The Bertz CT molecular complexity index is 1190. The minimum Gasteiger partial charge on any atom is -0.421 e. The summed E-state index contributed by atoms with van der Waals surface area (Å²) in [4.78, 5) is 6.44. The van der Waals surface area contributed by atoms with Crippen LogP contribution >= 0.6 is 0 Å². The molecule has 1 saturated carbocycles. The third-order valence-corrected chi connectivity index (χ3v) is 6.47. The van der Waals surface area contributed by atoms with Crippen molar-refractivity contribution < 1.29 is 26.7 Å². The highest BCUT2D eigenvalue weighted by Crippen LogP contribution is 2.40. The van der Waals surface area contributed by atoms with E-state index in [0.717, 1.165) is 38.1 Å². The van der Waals surface area contributed by atoms with Crippen LogP contribution in [0.15, 0.2) is 22.6 Å². The Balaban J connectivity index is 1.35. The van der Waals surface area contributed by atoms with E-state index >= 15 is 0 Å². The van der Waals surface area contributed by atoms with Gasteiger partial charge in [-0.3, -0.25) is 0 Å². The number of aryl methyl sites for hydroxylation is 1. The molecule has 1 aliphatic carbocycles. The zero-order chi connectivity index (χ0) is 24.9. The highest BCUT2D eigenvalue weighted by atomic mass is 19.4. The molecule has 3 heterocycles. The van der Waals surface area contributed by atoms with Crippen molar-refractivity contribution in [2.24, 2.45) is 11.8 Å². The van der Waals surface area contributed by atoms with Gasteiger partial charge in [-0.25, -0.2) is 9.07 Å². The third kappa shape index (κ3) is 4.50. The molecule has 2 bridgehead atoms. The lowest BCUT2D eigenvalue weighted by molar-refractivity contribution is -0.140. The van der Waals surface area contributed by atoms with Crippen LogP contribution in [0.4, 0.5) is 29.5 Å². The van der Waals surface area contributed by atoms with Gasteiger partial charge >= 0.3 is 18.2 Å². The molecule has 5 rings (SSSR count). The second-order valence-electron chi connectivity index (χ2n) is 9.25. The molecule has 1 aromatic carbocycles. The second kappa shape index (κ2) is 8.68. The first kappa shape index (κ1) is 23.4. The van der Waals surface area contributed by atoms with Gasteiger partial charge in [-0.2, -0.15) is 18.2 Å². The van der Waals surface area contributed by atoms with Crippen LogP contribution in [0.3, 0.4) is 0 Å². The van der Waals surface area contributed by atoms with Crippen molar-refractivity contribution in [3.63, 3.8) is 0 Å². The molecule has 2 aliphatic rings. The zero-order valence-electron chi connectivity index (χ0n) is 19.4. The monoisotopic (exact) mass is 495 g/mol. The Kier molecular flexibility index (Phi) is 5.80. The van der Waals surface area contributed by atoms with Gasteiger partial charge in [0.15, 0.2) is 11.6 Å². The number of hydrogen-bond donors (Lipinski definition) is 1. The number of rotatable bonds is 6. The molecule has 1 N–H and O–H groups in total. The molecule has 3 atom stereocenters. The highest BCUT2D eigenvalue weighted by Gasteiger charge is 2.44. The van der Waals surface area contributed by atoms with Gasteiger partial charge in [0.1, 0.15) is 0 Å². The summed E-state index contributed by atoms with van der Waals surface area (Å²) in [6.45, 7) is 6.87. The molecule has 188 valence electrons. The van der Waals surface area contributed by atoms with Gasteiger partial charge in [-0.05, 0) is 50.7 Å². The maximum absolute atomic E-state index is 14.5. The fraction of sp³-hybridized carbons (Fsp3) is 0.545. The highest BCUT2D eigenvalue weighted by molar-refractivity contribution is 5.37. The largest absolute Gasteiger partial charge is 0.421 e. The molecule has 0 radical (unpaired) electrons. The van der Waals surface area contributed by atoms with Gasteiger partial charge in [-0.1, -0.05) is 11.2 Å². The number of halogens is 4. The Hall–Kier alpha value is -3.38. The lowest BCUT2D eigenvalue weighted by Gasteiger charge is -2.37. The summed E-state index contributed by atoms with van der Waals surface area (Å²) in [5.41, 5.74) is -1.40. The van der Waals surface area contributed by atoms with Crippen LogP contribution in [0.2, 0.25) is 0 Å². The van der Waals surface area contributed by atoms with E-state index in [0.29, 0.717) is 18.0 Å². The Morgan fingerprint density at radius 1 is 1.14 bits per heavy atom. The van der Waals surface area contributed by atoms with Crippen molar-refractivity contribution in [2.45, 2.75) is 51.9 Å². The van der Waals surface area contributed by atoms with E-state index in [1.54, 1.807) is 6.92 Å². The number of fused-ring (bicyclic) bond motifs is 2. The predicted octanol–water partition coefficient (Wildman–Crippen LogP) is 4.83. The molecule has 0 unspecified atom stereocenters. The Morgan fingerprint density at radius 3 is 2.46 bits per heavy atom. The fourth-order valence-corrected chi connectivity index (χ4v) is 4.86. The van der Waals surface area contributed by atoms with Crippen LogP contribution in [0.1, 0.15) is 44.2 Å². The summed E-state index contributed by atoms with van der Waals surface area (Å²) in [6, 6.07) is 3.18. The summed E-state index contributed by atoms with van der Waals surface area (Å²) < 4.78 is 66.3. The SMILES string of the molecule is Cc1nnc(N2C[C@H]3CC[C@@H](C2)[C@H]3Nc2nc(Oc3cccc(C(F)(F)F)c3F)n(C(C)C)n2)o1. The van der Waals surface area contributed by atoms with E-state index < -0.39 is 23.3 Å². The van der Waals surface area contributed by atoms with E-state index in [1.165, 1.54) is 4.68 Å². The van der Waals surface area contributed by atoms with E-state index in [2.05, 4.69) is 30.5 Å². The molecule has 3 aromatic rings. The number of anilines is 2. The van der Waals surface area contributed by atoms with Gasteiger partial charge in [0.05, 0.1) is 11.6 Å². The second-order valence-corrected chi connectivity index (χ2v) is 9.25. The maximum atomic E-state index is 14.5. The number of ether oxygens (including phenoxy) is 1. The number of aromatic nitrogens is 5. The van der Waals surface area contributed by atoms with E-state index in [-0.39, 0.29) is 35.9 Å². The summed E-state index contributed by atoms with van der Waals surface area (Å²) in [5.74, 6) is -0.682. The summed E-state index contributed by atoms with van der Waals surface area (Å²) in [7, 11) is 0. The first-order chi connectivity index (χ1) is 16.6. The molecular formula is C22H25F4N7O2. The minimum atomic E-state index is -4.84. The normalized spacial score (nSPS) is 22.2. The lowest BCUT2D eigenvalue weighted by Crippen LogP contribution is -2.48. The van der Waals surface area contributed by atoms with Crippen LogP contribution < -0.4 is 15.0 Å². The van der Waals surface area contributed by atoms with Crippen LogP contribution in [0.5, 0.6) is 11.8 Å². The molecular weight excluding hydrogens is 470 g/mol. The zero-order valence-corrected chi connectivity index (χ0v) is 19.4. The lowest BCUT2D eigenvalue weighted by atomic mass is 9.92. The predicted molar refractivity (Wildman–Crippen MR) is 117 cm³/mol. The van der Waals surface area contributed by atoms with E-state index in [1.807, 2.05) is 13.8 Å². The smallest absolute Gasteiger partial charge is 0.419 e. The molecule has 1 saturated heterocycles. The average molecular weight is 495 g/mol.